The monoisotopic (exact) mass is 476 g/mol. The second kappa shape index (κ2) is 11.4. The maximum Gasteiger partial charge on any atom is 0.156 e. The van der Waals surface area contributed by atoms with Crippen LogP contribution in [-0.4, -0.2) is 55.2 Å². The van der Waals surface area contributed by atoms with Gasteiger partial charge in [-0.1, -0.05) is 49.2 Å². The maximum absolute atomic E-state index is 9.69. The fourth-order valence-corrected chi connectivity index (χ4v) is 3.54. The van der Waals surface area contributed by atoms with E-state index >= 15 is 0 Å². The van der Waals surface area contributed by atoms with E-state index in [9.17, 15) is 10.2 Å². The quantitative estimate of drug-likeness (QED) is 0.460. The normalized spacial score (nSPS) is 13.7. The summed E-state index contributed by atoms with van der Waals surface area (Å²) in [5.74, 6) is 1.04. The first-order valence-corrected chi connectivity index (χ1v) is 10.7. The Bertz CT molecular complexity index is 788. The molecule has 8 heteroatoms. The summed E-state index contributed by atoms with van der Waals surface area (Å²) in [6.45, 7) is 4.50. The highest BCUT2D eigenvalue weighted by atomic mass is 35.5. The van der Waals surface area contributed by atoms with Crippen LogP contribution >= 0.6 is 34.8 Å². The summed E-state index contributed by atoms with van der Waals surface area (Å²) in [7, 11) is 1.53. The van der Waals surface area contributed by atoms with Crippen LogP contribution in [0.25, 0.3) is 0 Å². The average Bonchev–Trinajstić information content (AvgIpc) is 2.71. The van der Waals surface area contributed by atoms with Gasteiger partial charge < -0.3 is 24.4 Å². The van der Waals surface area contributed by atoms with Crippen molar-refractivity contribution in [3.8, 4) is 11.5 Å². The summed E-state index contributed by atoms with van der Waals surface area (Å²) in [6, 6.07) is 11.2. The van der Waals surface area contributed by atoms with Gasteiger partial charge in [-0.25, -0.2) is 0 Å². The molecule has 2 rings (SSSR count). The molecule has 2 aromatic carbocycles. The molecule has 0 heterocycles. The minimum atomic E-state index is -0.800. The molecule has 2 aromatic rings. The van der Waals surface area contributed by atoms with Gasteiger partial charge in [0.05, 0.1) is 22.5 Å². The molecule has 0 amide bonds. The predicted octanol–water partition coefficient (Wildman–Crippen LogP) is 4.68. The van der Waals surface area contributed by atoms with Crippen LogP contribution in [-0.2, 0) is 10.2 Å². The van der Waals surface area contributed by atoms with E-state index in [1.165, 1.54) is 7.11 Å². The van der Waals surface area contributed by atoms with E-state index in [1.54, 1.807) is 12.1 Å². The highest BCUT2D eigenvalue weighted by molar-refractivity contribution is 6.37. The number of hydrogen-bond acceptors (Lipinski definition) is 5. The van der Waals surface area contributed by atoms with Gasteiger partial charge in [0.1, 0.15) is 31.2 Å². The van der Waals surface area contributed by atoms with Gasteiger partial charge in [-0.05, 0) is 35.4 Å². The van der Waals surface area contributed by atoms with E-state index in [-0.39, 0.29) is 25.7 Å². The van der Waals surface area contributed by atoms with E-state index in [0.717, 1.165) is 11.1 Å². The zero-order chi connectivity index (χ0) is 22.3. The molecule has 2 N–H and O–H groups in total. The minimum Gasteiger partial charge on any atom is -0.491 e. The van der Waals surface area contributed by atoms with Crippen molar-refractivity contribution in [3.05, 3.63) is 57.6 Å². The molecule has 0 saturated carbocycles. The van der Waals surface area contributed by atoms with Crippen molar-refractivity contribution >= 4 is 34.8 Å². The molecular weight excluding hydrogens is 451 g/mol. The van der Waals surface area contributed by atoms with E-state index in [1.807, 2.05) is 24.3 Å². The van der Waals surface area contributed by atoms with Crippen molar-refractivity contribution in [2.24, 2.45) is 0 Å². The van der Waals surface area contributed by atoms with Crippen LogP contribution in [0.5, 0.6) is 11.5 Å². The summed E-state index contributed by atoms with van der Waals surface area (Å²) in [4.78, 5) is 0. The number of ether oxygens (including phenoxy) is 3. The van der Waals surface area contributed by atoms with Crippen LogP contribution < -0.4 is 9.47 Å². The summed E-state index contributed by atoms with van der Waals surface area (Å²) in [6.07, 6.45) is -1.48. The third kappa shape index (κ3) is 6.64. The van der Waals surface area contributed by atoms with Crippen molar-refractivity contribution in [3.63, 3.8) is 0 Å². The molecule has 0 radical (unpaired) electrons. The second-order valence-electron chi connectivity index (χ2n) is 7.46. The highest BCUT2D eigenvalue weighted by Gasteiger charge is 2.26. The van der Waals surface area contributed by atoms with E-state index < -0.39 is 17.6 Å². The number of methoxy groups -OCH3 is 1. The molecule has 0 unspecified atom stereocenters. The first-order valence-electron chi connectivity index (χ1n) is 9.45. The molecule has 0 aliphatic rings. The van der Waals surface area contributed by atoms with Gasteiger partial charge >= 0.3 is 0 Å². The van der Waals surface area contributed by atoms with E-state index in [2.05, 4.69) is 13.8 Å². The molecule has 0 spiro atoms. The van der Waals surface area contributed by atoms with Crippen molar-refractivity contribution in [2.75, 3.05) is 32.8 Å². The summed E-state index contributed by atoms with van der Waals surface area (Å²) >= 11 is 18.4. The van der Waals surface area contributed by atoms with Crippen LogP contribution in [0.4, 0.5) is 0 Å². The second-order valence-corrected chi connectivity index (χ2v) is 8.58. The van der Waals surface area contributed by atoms with E-state index in [0.29, 0.717) is 21.5 Å². The van der Waals surface area contributed by atoms with Crippen molar-refractivity contribution in [1.29, 1.82) is 0 Å². The maximum atomic E-state index is 9.69. The Morgan fingerprint density at radius 1 is 0.867 bits per heavy atom. The first kappa shape index (κ1) is 25.1. The molecule has 5 nitrogen and oxygen atoms in total. The molecular formula is C22H27Cl3O5. The molecule has 0 fully saturated rings. The summed E-state index contributed by atoms with van der Waals surface area (Å²) in [5.41, 5.74) is 1.55. The fourth-order valence-electron chi connectivity index (χ4n) is 2.85. The van der Waals surface area contributed by atoms with E-state index in [4.69, 9.17) is 49.0 Å². The molecule has 0 bridgehead atoms. The molecule has 0 saturated heterocycles. The van der Waals surface area contributed by atoms with Crippen molar-refractivity contribution in [2.45, 2.75) is 31.5 Å². The number of halogens is 3. The number of aliphatic hydroxyl groups is 2. The predicted molar refractivity (Wildman–Crippen MR) is 121 cm³/mol. The Hall–Kier alpha value is -1.21. The topological polar surface area (TPSA) is 68.2 Å². The van der Waals surface area contributed by atoms with Crippen LogP contribution in [0.3, 0.4) is 0 Å². The molecule has 166 valence electrons. The van der Waals surface area contributed by atoms with Gasteiger partial charge in [0, 0.05) is 12.5 Å². The Kier molecular flexibility index (Phi) is 9.54. The Morgan fingerprint density at radius 3 is 1.97 bits per heavy atom. The van der Waals surface area contributed by atoms with Crippen LogP contribution in [0.2, 0.25) is 10.0 Å². The van der Waals surface area contributed by atoms with Crippen molar-refractivity contribution in [1.82, 2.24) is 0 Å². The van der Waals surface area contributed by atoms with Gasteiger partial charge in [0.15, 0.2) is 5.75 Å². The van der Waals surface area contributed by atoms with Crippen LogP contribution in [0.15, 0.2) is 36.4 Å². The Balaban J connectivity index is 2.16. The number of hydrogen-bond donors (Lipinski definition) is 2. The molecule has 0 aromatic heterocycles. The lowest BCUT2D eigenvalue weighted by Gasteiger charge is -2.27. The average molecular weight is 478 g/mol. The highest BCUT2D eigenvalue weighted by Crippen LogP contribution is 2.40. The summed E-state index contributed by atoms with van der Waals surface area (Å²) < 4.78 is 16.0. The smallest absolute Gasteiger partial charge is 0.156 e. The fraction of sp³-hybridized carbons (Fsp3) is 0.455. The number of aliphatic hydroxyl groups excluding tert-OH is 2. The third-order valence-electron chi connectivity index (χ3n) is 4.70. The molecule has 2 atom stereocenters. The van der Waals surface area contributed by atoms with Gasteiger partial charge in [-0.3, -0.25) is 0 Å². The zero-order valence-electron chi connectivity index (χ0n) is 17.2. The van der Waals surface area contributed by atoms with Crippen LogP contribution in [0, 0.1) is 0 Å². The van der Waals surface area contributed by atoms with Gasteiger partial charge in [-0.15, -0.1) is 11.6 Å². The largest absolute Gasteiger partial charge is 0.491 e. The minimum absolute atomic E-state index is 0.00617. The van der Waals surface area contributed by atoms with Gasteiger partial charge in [0.25, 0.3) is 0 Å². The number of alkyl halides is 1. The standard InChI is InChI=1S/C22H27Cl3O5/c1-22(2,14-4-6-18(7-5-14)29-13-17(27)11-28-3)15-8-19(24)21(20(25)9-15)30-12-16(26)10-23/h4-9,16-17,26-27H,10-13H2,1-3H3/t16-,17-/m0/s1. The van der Waals surface area contributed by atoms with Crippen molar-refractivity contribution < 1.29 is 24.4 Å². The number of benzene rings is 2. The SMILES string of the molecule is COC[C@H](O)COc1ccc(C(C)(C)c2cc(Cl)c(OC[C@@H](O)CCl)c(Cl)c2)cc1. The zero-order valence-corrected chi connectivity index (χ0v) is 19.5. The van der Waals surface area contributed by atoms with Gasteiger partial charge in [0.2, 0.25) is 0 Å². The lowest BCUT2D eigenvalue weighted by molar-refractivity contribution is 0.0325. The molecule has 0 aliphatic carbocycles. The van der Waals surface area contributed by atoms with Crippen LogP contribution in [0.1, 0.15) is 25.0 Å². The summed E-state index contributed by atoms with van der Waals surface area (Å²) in [5, 5.41) is 20.0. The molecule has 0 aliphatic heterocycles. The lowest BCUT2D eigenvalue weighted by atomic mass is 9.78. The Morgan fingerprint density at radius 2 is 1.43 bits per heavy atom. The third-order valence-corrected chi connectivity index (χ3v) is 5.61. The Labute approximate surface area is 192 Å². The molecule has 30 heavy (non-hydrogen) atoms. The first-order chi connectivity index (χ1) is 14.2. The number of rotatable bonds is 11. The lowest BCUT2D eigenvalue weighted by Crippen LogP contribution is -2.23. The van der Waals surface area contributed by atoms with Gasteiger partial charge in [-0.2, -0.15) is 0 Å².